The van der Waals surface area contributed by atoms with E-state index in [0.29, 0.717) is 13.0 Å². The molecule has 0 saturated carbocycles. The minimum Gasteiger partial charge on any atom is -0.497 e. The topological polar surface area (TPSA) is 75.7 Å². The molecule has 6 nitrogen and oxygen atoms in total. The molecular weight excluding hydrogens is 390 g/mol. The van der Waals surface area contributed by atoms with Gasteiger partial charge in [-0.1, -0.05) is 32.0 Å². The first kappa shape index (κ1) is 21.1. The van der Waals surface area contributed by atoms with E-state index in [1.165, 1.54) is 16.5 Å². The summed E-state index contributed by atoms with van der Waals surface area (Å²) >= 11 is 0. The normalized spacial score (nSPS) is 18.3. The third-order valence-corrected chi connectivity index (χ3v) is 6.13. The van der Waals surface area contributed by atoms with Gasteiger partial charge < -0.3 is 14.5 Å². The molecule has 2 N–H and O–H groups in total. The summed E-state index contributed by atoms with van der Waals surface area (Å²) in [4.78, 5) is 16.4. The van der Waals surface area contributed by atoms with Crippen LogP contribution in [0, 0.1) is 0 Å². The second-order valence-corrected chi connectivity index (χ2v) is 7.86. The molecule has 3 aromatic rings. The summed E-state index contributed by atoms with van der Waals surface area (Å²) in [6.45, 7) is 4.83. The van der Waals surface area contributed by atoms with E-state index in [-0.39, 0.29) is 12.3 Å². The molecule has 1 unspecified atom stereocenters. The zero-order valence-corrected chi connectivity index (χ0v) is 18.3. The van der Waals surface area contributed by atoms with Gasteiger partial charge in [-0.3, -0.25) is 4.79 Å². The Hall–Kier alpha value is -3.12. The number of fused-ring (bicyclic) bond motifs is 3. The first-order chi connectivity index (χ1) is 15.1. The fourth-order valence-corrected chi connectivity index (χ4v) is 4.41. The zero-order chi connectivity index (χ0) is 21.8. The van der Waals surface area contributed by atoms with Crippen LogP contribution in [0.3, 0.4) is 0 Å². The van der Waals surface area contributed by atoms with Crippen LogP contribution in [0.4, 0.5) is 0 Å². The lowest BCUT2D eigenvalue weighted by molar-refractivity contribution is -0.132. The molecule has 0 saturated heterocycles. The van der Waals surface area contributed by atoms with Gasteiger partial charge in [0.2, 0.25) is 5.91 Å². The molecule has 31 heavy (non-hydrogen) atoms. The van der Waals surface area contributed by atoms with Crippen LogP contribution >= 0.6 is 0 Å². The van der Waals surface area contributed by atoms with E-state index in [0.717, 1.165) is 35.4 Å². The van der Waals surface area contributed by atoms with E-state index in [9.17, 15) is 4.79 Å². The molecule has 1 amide bonds. The first-order valence-electron chi connectivity index (χ1n) is 10.8. The summed E-state index contributed by atoms with van der Waals surface area (Å²) in [6.07, 6.45) is 4.34. The number of hydrazone groups is 1. The summed E-state index contributed by atoms with van der Waals surface area (Å²) in [6, 6.07) is 13.9. The number of hydrogen-bond donors (Lipinski definition) is 2. The van der Waals surface area contributed by atoms with Gasteiger partial charge in [-0.2, -0.15) is 5.10 Å². The Labute approximate surface area is 182 Å². The summed E-state index contributed by atoms with van der Waals surface area (Å²) in [5, 5.41) is 5.37. The maximum atomic E-state index is 12.8. The highest BCUT2D eigenvalue weighted by atomic mass is 16.5. The molecule has 162 valence electrons. The molecule has 1 aromatic heterocycles. The summed E-state index contributed by atoms with van der Waals surface area (Å²) in [5.74, 6) is 0.606. The Morgan fingerprint density at radius 1 is 1.26 bits per heavy atom. The maximum Gasteiger partial charge on any atom is 0.243 e. The van der Waals surface area contributed by atoms with Crippen molar-refractivity contribution in [3.05, 3.63) is 64.8 Å². The molecule has 1 aliphatic rings. The van der Waals surface area contributed by atoms with Crippen LogP contribution in [0.15, 0.2) is 47.6 Å². The molecule has 2 aromatic carbocycles. The lowest BCUT2D eigenvalue weighted by Crippen LogP contribution is -2.39. The van der Waals surface area contributed by atoms with Crippen LogP contribution in [-0.4, -0.2) is 30.8 Å². The highest BCUT2D eigenvalue weighted by Crippen LogP contribution is 2.42. The number of hydrogen-bond acceptors (Lipinski definition) is 4. The van der Waals surface area contributed by atoms with Crippen molar-refractivity contribution in [3.8, 4) is 5.75 Å². The molecule has 1 aliphatic heterocycles. The minimum atomic E-state index is -0.669. The maximum absolute atomic E-state index is 12.8. The average molecular weight is 420 g/mol. The molecule has 0 spiro atoms. The largest absolute Gasteiger partial charge is 0.497 e. The molecule has 2 heterocycles. The molecule has 1 atom stereocenters. The number of benzene rings is 2. The van der Waals surface area contributed by atoms with Gasteiger partial charge in [-0.05, 0) is 60.2 Å². The van der Waals surface area contributed by atoms with Crippen molar-refractivity contribution in [1.29, 1.82) is 0 Å². The number of nitrogens with zero attached hydrogens (tertiary/aromatic N) is 1. The van der Waals surface area contributed by atoms with E-state index in [4.69, 9.17) is 9.47 Å². The number of amides is 1. The highest BCUT2D eigenvalue weighted by Gasteiger charge is 2.40. The van der Waals surface area contributed by atoms with Gasteiger partial charge in [0.05, 0.1) is 32.0 Å². The van der Waals surface area contributed by atoms with Gasteiger partial charge in [0.15, 0.2) is 0 Å². The molecule has 0 aliphatic carbocycles. The van der Waals surface area contributed by atoms with Gasteiger partial charge in [0.1, 0.15) is 11.4 Å². The molecular formula is C25H29N3O3. The molecule has 0 radical (unpaired) electrons. The van der Waals surface area contributed by atoms with Crippen LogP contribution in [0.1, 0.15) is 49.1 Å². The van der Waals surface area contributed by atoms with E-state index in [1.54, 1.807) is 13.3 Å². The summed E-state index contributed by atoms with van der Waals surface area (Å²) in [5.41, 5.74) is 7.62. The van der Waals surface area contributed by atoms with Crippen LogP contribution < -0.4 is 10.2 Å². The number of methoxy groups -OCH3 is 1. The van der Waals surface area contributed by atoms with Gasteiger partial charge >= 0.3 is 0 Å². The number of H-pyrrole nitrogens is 1. The number of carbonyl (C=O) groups is 1. The zero-order valence-electron chi connectivity index (χ0n) is 18.3. The molecule has 6 heteroatoms. The molecule has 0 fully saturated rings. The smallest absolute Gasteiger partial charge is 0.243 e. The second-order valence-electron chi connectivity index (χ2n) is 7.86. The van der Waals surface area contributed by atoms with E-state index in [1.807, 2.05) is 24.3 Å². The predicted molar refractivity (Wildman–Crippen MR) is 123 cm³/mol. The second kappa shape index (κ2) is 8.94. The Balaban J connectivity index is 1.54. The number of aromatic amines is 1. The highest BCUT2D eigenvalue weighted by molar-refractivity contribution is 5.89. The van der Waals surface area contributed by atoms with Crippen molar-refractivity contribution in [2.24, 2.45) is 5.10 Å². The third-order valence-electron chi connectivity index (χ3n) is 6.13. The quantitative estimate of drug-likeness (QED) is 0.439. The standard InChI is InChI=1S/C25H29N3O3/c1-4-18-7-6-8-20-21-13-14-31-25(5-2,24(21)27-23(18)20)15-22(29)28-26-16-17-9-11-19(30-3)12-10-17/h6-12,16,27H,4-5,13-15H2,1-3H3,(H,28,29)/b26-16+. The number of para-hydroxylation sites is 1. The Kier molecular flexibility index (Phi) is 6.09. The Morgan fingerprint density at radius 2 is 2.06 bits per heavy atom. The lowest BCUT2D eigenvalue weighted by atomic mass is 9.86. The van der Waals surface area contributed by atoms with Crippen LogP contribution in [0.25, 0.3) is 10.9 Å². The van der Waals surface area contributed by atoms with E-state index in [2.05, 4.69) is 47.6 Å². The van der Waals surface area contributed by atoms with Crippen LogP contribution in [0.2, 0.25) is 0 Å². The van der Waals surface area contributed by atoms with Crippen LogP contribution in [-0.2, 0) is 28.0 Å². The molecule has 4 rings (SSSR count). The summed E-state index contributed by atoms with van der Waals surface area (Å²) < 4.78 is 11.4. The SMILES string of the molecule is CCc1cccc2c3c([nH]c12)C(CC)(CC(=O)N/N=C/c1ccc(OC)cc1)OCC3. The predicted octanol–water partition coefficient (Wildman–Crippen LogP) is 4.46. The van der Waals surface area contributed by atoms with Gasteiger partial charge in [0, 0.05) is 10.9 Å². The lowest BCUT2D eigenvalue weighted by Gasteiger charge is -2.36. The van der Waals surface area contributed by atoms with Crippen molar-refractivity contribution < 1.29 is 14.3 Å². The van der Waals surface area contributed by atoms with Crippen molar-refractivity contribution in [2.45, 2.75) is 45.1 Å². The van der Waals surface area contributed by atoms with Gasteiger partial charge in [-0.15, -0.1) is 0 Å². The van der Waals surface area contributed by atoms with Crippen molar-refractivity contribution in [3.63, 3.8) is 0 Å². The fraction of sp³-hybridized carbons (Fsp3) is 0.360. The van der Waals surface area contributed by atoms with Crippen LogP contribution in [0.5, 0.6) is 5.75 Å². The Bertz CT molecular complexity index is 1100. The number of aryl methyl sites for hydroxylation is 1. The minimum absolute atomic E-state index is 0.172. The summed E-state index contributed by atoms with van der Waals surface area (Å²) in [7, 11) is 1.63. The number of aromatic nitrogens is 1. The average Bonchev–Trinajstić information content (AvgIpc) is 3.20. The van der Waals surface area contributed by atoms with Gasteiger partial charge in [-0.25, -0.2) is 5.43 Å². The number of nitrogens with one attached hydrogen (secondary N) is 2. The van der Waals surface area contributed by atoms with Gasteiger partial charge in [0.25, 0.3) is 0 Å². The number of ether oxygens (including phenoxy) is 2. The monoisotopic (exact) mass is 419 g/mol. The van der Waals surface area contributed by atoms with Crippen molar-refractivity contribution in [1.82, 2.24) is 10.4 Å². The number of rotatable bonds is 7. The Morgan fingerprint density at radius 3 is 2.77 bits per heavy atom. The van der Waals surface area contributed by atoms with E-state index < -0.39 is 5.60 Å². The van der Waals surface area contributed by atoms with E-state index >= 15 is 0 Å². The van der Waals surface area contributed by atoms with Crippen molar-refractivity contribution in [2.75, 3.05) is 13.7 Å². The number of carbonyl (C=O) groups excluding carboxylic acids is 1. The third kappa shape index (κ3) is 4.08. The fourth-order valence-electron chi connectivity index (χ4n) is 4.41. The first-order valence-corrected chi connectivity index (χ1v) is 10.8. The molecule has 0 bridgehead atoms. The van der Waals surface area contributed by atoms with Crippen molar-refractivity contribution >= 4 is 23.0 Å².